The number of aromatic nitrogens is 2. The summed E-state index contributed by atoms with van der Waals surface area (Å²) in [6.07, 6.45) is 7.33. The van der Waals surface area contributed by atoms with Gasteiger partial charge in [-0.25, -0.2) is 9.97 Å². The van der Waals surface area contributed by atoms with Crippen LogP contribution in [0.5, 0.6) is 0 Å². The molecule has 0 N–H and O–H groups in total. The van der Waals surface area contributed by atoms with E-state index in [1.807, 2.05) is 16.2 Å². The van der Waals surface area contributed by atoms with E-state index in [0.29, 0.717) is 5.92 Å². The van der Waals surface area contributed by atoms with Crippen molar-refractivity contribution in [2.45, 2.75) is 44.4 Å². The van der Waals surface area contributed by atoms with Gasteiger partial charge < -0.3 is 9.80 Å². The van der Waals surface area contributed by atoms with Crippen LogP contribution in [0.25, 0.3) is 10.2 Å². The zero-order valence-electron chi connectivity index (χ0n) is 14.8. The summed E-state index contributed by atoms with van der Waals surface area (Å²) in [6, 6.07) is 0. The molecule has 1 amide bonds. The van der Waals surface area contributed by atoms with Gasteiger partial charge in [0.1, 0.15) is 22.4 Å². The lowest BCUT2D eigenvalue weighted by Crippen LogP contribution is -2.49. The van der Waals surface area contributed by atoms with Crippen molar-refractivity contribution in [1.82, 2.24) is 14.9 Å². The third-order valence-corrected chi connectivity index (χ3v) is 7.22. The van der Waals surface area contributed by atoms with E-state index >= 15 is 0 Å². The molecule has 1 saturated carbocycles. The SMILES string of the molecule is O=C(CCl)N1CCN(c2nc(C3CC3)nc3sc4c(c23)CCCC4)CC1. The van der Waals surface area contributed by atoms with Crippen LogP contribution in [-0.4, -0.2) is 52.8 Å². The molecule has 2 aromatic rings. The molecule has 0 atom stereocenters. The fourth-order valence-corrected chi connectivity index (χ4v) is 5.59. The number of carbonyl (C=O) groups is 1. The van der Waals surface area contributed by atoms with E-state index in [4.69, 9.17) is 21.6 Å². The first-order valence-corrected chi connectivity index (χ1v) is 11.0. The molecule has 0 bridgehead atoms. The number of thiophene rings is 1. The zero-order chi connectivity index (χ0) is 17.7. The van der Waals surface area contributed by atoms with Crippen molar-refractivity contribution in [1.29, 1.82) is 0 Å². The van der Waals surface area contributed by atoms with Crippen molar-refractivity contribution in [3.8, 4) is 0 Å². The average molecular weight is 391 g/mol. The minimum Gasteiger partial charge on any atom is -0.352 e. The Morgan fingerprint density at radius 3 is 2.62 bits per heavy atom. The zero-order valence-corrected chi connectivity index (χ0v) is 16.4. The number of hydrogen-bond acceptors (Lipinski definition) is 5. The predicted octanol–water partition coefficient (Wildman–Crippen LogP) is 3.33. The molecule has 2 aliphatic carbocycles. The molecule has 0 radical (unpaired) electrons. The van der Waals surface area contributed by atoms with Gasteiger partial charge in [0.15, 0.2) is 0 Å². The highest BCUT2D eigenvalue weighted by Crippen LogP contribution is 2.44. The molecule has 26 heavy (non-hydrogen) atoms. The summed E-state index contributed by atoms with van der Waals surface area (Å²) in [5, 5.41) is 1.30. The number of halogens is 1. The molecule has 5 nitrogen and oxygen atoms in total. The predicted molar refractivity (Wildman–Crippen MR) is 106 cm³/mol. The van der Waals surface area contributed by atoms with Gasteiger partial charge >= 0.3 is 0 Å². The highest BCUT2D eigenvalue weighted by Gasteiger charge is 2.31. The van der Waals surface area contributed by atoms with Crippen molar-refractivity contribution in [3.63, 3.8) is 0 Å². The van der Waals surface area contributed by atoms with E-state index in [-0.39, 0.29) is 11.8 Å². The van der Waals surface area contributed by atoms with E-state index < -0.39 is 0 Å². The van der Waals surface area contributed by atoms with Gasteiger partial charge in [0.05, 0.1) is 5.39 Å². The van der Waals surface area contributed by atoms with E-state index in [1.165, 1.54) is 52.8 Å². The number of piperazine rings is 1. The Kier molecular flexibility index (Phi) is 4.28. The molecular formula is C19H23ClN4OS. The fourth-order valence-electron chi connectivity index (χ4n) is 4.16. The topological polar surface area (TPSA) is 49.3 Å². The third kappa shape index (κ3) is 2.87. The summed E-state index contributed by atoms with van der Waals surface area (Å²) in [4.78, 5) is 28.8. The van der Waals surface area contributed by atoms with Crippen LogP contribution in [0.2, 0.25) is 0 Å². The van der Waals surface area contributed by atoms with Crippen LogP contribution in [0.3, 0.4) is 0 Å². The van der Waals surface area contributed by atoms with Gasteiger partial charge in [-0.05, 0) is 44.1 Å². The lowest BCUT2D eigenvalue weighted by molar-refractivity contribution is -0.128. The summed E-state index contributed by atoms with van der Waals surface area (Å²) < 4.78 is 0. The molecule has 3 heterocycles. The minimum absolute atomic E-state index is 0.0331. The number of aryl methyl sites for hydroxylation is 2. The van der Waals surface area contributed by atoms with Crippen molar-refractivity contribution in [2.75, 3.05) is 37.0 Å². The van der Waals surface area contributed by atoms with Crippen molar-refractivity contribution in [3.05, 3.63) is 16.3 Å². The Hall–Kier alpha value is -1.40. The minimum atomic E-state index is 0.0331. The van der Waals surface area contributed by atoms with Gasteiger partial charge in [-0.1, -0.05) is 0 Å². The molecule has 3 aliphatic rings. The first-order chi connectivity index (χ1) is 12.7. The molecule has 138 valence electrons. The maximum Gasteiger partial charge on any atom is 0.237 e. The Labute approximate surface area is 162 Å². The Bertz CT molecular complexity index is 855. The molecule has 0 spiro atoms. The second-order valence-corrected chi connectivity index (χ2v) is 8.92. The van der Waals surface area contributed by atoms with Gasteiger partial charge in [-0.15, -0.1) is 22.9 Å². The average Bonchev–Trinajstić information content (AvgIpc) is 3.47. The molecular weight excluding hydrogens is 368 g/mol. The van der Waals surface area contributed by atoms with Crippen LogP contribution in [0.4, 0.5) is 5.82 Å². The van der Waals surface area contributed by atoms with Crippen LogP contribution in [0, 0.1) is 0 Å². The smallest absolute Gasteiger partial charge is 0.237 e. The van der Waals surface area contributed by atoms with E-state index in [2.05, 4.69) is 4.90 Å². The standard InChI is InChI=1S/C19H23ClN4OS/c20-11-15(25)23-7-9-24(10-8-23)18-16-13-3-1-2-4-14(13)26-19(16)22-17(21-18)12-5-6-12/h12H,1-11H2. The number of nitrogens with zero attached hydrogens (tertiary/aromatic N) is 4. The van der Waals surface area contributed by atoms with Gasteiger partial charge in [0, 0.05) is 37.0 Å². The number of hydrogen-bond donors (Lipinski definition) is 0. The molecule has 7 heteroatoms. The lowest BCUT2D eigenvalue weighted by atomic mass is 9.97. The summed E-state index contributed by atoms with van der Waals surface area (Å²) >= 11 is 7.61. The second-order valence-electron chi connectivity index (χ2n) is 7.57. The largest absolute Gasteiger partial charge is 0.352 e. The number of rotatable bonds is 3. The van der Waals surface area contributed by atoms with Crippen LogP contribution in [-0.2, 0) is 17.6 Å². The number of amides is 1. The molecule has 5 rings (SSSR count). The Morgan fingerprint density at radius 1 is 1.12 bits per heavy atom. The van der Waals surface area contributed by atoms with Crippen molar-refractivity contribution in [2.24, 2.45) is 0 Å². The number of fused-ring (bicyclic) bond motifs is 3. The number of alkyl halides is 1. The summed E-state index contributed by atoms with van der Waals surface area (Å²) in [6.45, 7) is 3.09. The van der Waals surface area contributed by atoms with E-state index in [0.717, 1.165) is 44.2 Å². The van der Waals surface area contributed by atoms with Crippen LogP contribution < -0.4 is 4.90 Å². The molecule has 0 unspecified atom stereocenters. The maximum absolute atomic E-state index is 11.9. The quantitative estimate of drug-likeness (QED) is 0.754. The second kappa shape index (κ2) is 6.64. The van der Waals surface area contributed by atoms with Gasteiger partial charge in [-0.2, -0.15) is 0 Å². The molecule has 1 aliphatic heterocycles. The Balaban J connectivity index is 1.53. The highest BCUT2D eigenvalue weighted by molar-refractivity contribution is 7.19. The lowest BCUT2D eigenvalue weighted by Gasteiger charge is -2.35. The normalized spacial score (nSPS) is 20.5. The monoisotopic (exact) mass is 390 g/mol. The molecule has 2 fully saturated rings. The maximum atomic E-state index is 11.9. The van der Waals surface area contributed by atoms with E-state index in [1.54, 1.807) is 0 Å². The summed E-state index contributed by atoms with van der Waals surface area (Å²) in [5.41, 5.74) is 1.49. The van der Waals surface area contributed by atoms with Crippen LogP contribution >= 0.6 is 22.9 Å². The number of anilines is 1. The van der Waals surface area contributed by atoms with Crippen LogP contribution in [0.15, 0.2) is 0 Å². The summed E-state index contributed by atoms with van der Waals surface area (Å²) in [7, 11) is 0. The molecule has 1 saturated heterocycles. The number of carbonyl (C=O) groups excluding carboxylic acids is 1. The molecule has 0 aromatic carbocycles. The van der Waals surface area contributed by atoms with Crippen molar-refractivity contribution < 1.29 is 4.79 Å². The summed E-state index contributed by atoms with van der Waals surface area (Å²) in [5.74, 6) is 2.81. The van der Waals surface area contributed by atoms with E-state index in [9.17, 15) is 4.79 Å². The Morgan fingerprint density at radius 2 is 1.88 bits per heavy atom. The van der Waals surface area contributed by atoms with Crippen LogP contribution in [0.1, 0.15) is 47.9 Å². The third-order valence-electron chi connectivity index (χ3n) is 5.80. The van der Waals surface area contributed by atoms with Gasteiger partial charge in [-0.3, -0.25) is 4.79 Å². The highest BCUT2D eigenvalue weighted by atomic mass is 35.5. The van der Waals surface area contributed by atoms with Gasteiger partial charge in [0.2, 0.25) is 5.91 Å². The molecule has 2 aromatic heterocycles. The first-order valence-electron chi connectivity index (χ1n) is 9.65. The van der Waals surface area contributed by atoms with Gasteiger partial charge in [0.25, 0.3) is 0 Å². The van der Waals surface area contributed by atoms with Crippen molar-refractivity contribution >= 4 is 44.9 Å². The first kappa shape index (κ1) is 16.8. The fraction of sp³-hybridized carbons (Fsp3) is 0.632.